The number of ether oxygens (including phenoxy) is 1. The molecule has 1 N–H and O–H groups in total. The Balaban J connectivity index is 0.000000176. The minimum Gasteiger partial charge on any atom is -0.375 e. The van der Waals surface area contributed by atoms with Gasteiger partial charge < -0.3 is 10.1 Å². The van der Waals surface area contributed by atoms with E-state index >= 15 is 0 Å². The summed E-state index contributed by atoms with van der Waals surface area (Å²) in [6, 6.07) is 11.6. The molecule has 31 heavy (non-hydrogen) atoms. The van der Waals surface area contributed by atoms with Gasteiger partial charge in [0.15, 0.2) is 0 Å². The fourth-order valence-electron chi connectivity index (χ4n) is 4.54. The second-order valence-electron chi connectivity index (χ2n) is 8.48. The lowest BCUT2D eigenvalue weighted by molar-refractivity contribution is -0.137. The molecule has 4 rings (SSSR count). The average Bonchev–Trinajstić information content (AvgIpc) is 3.22. The third-order valence-electron chi connectivity index (χ3n) is 6.24. The standard InChI is InChI=1S/C14H19NO.C11H14F3N/c1-4-9-15-13(5-1)12-6-10-16-14(11-12)7-2-3-8-14;1-2-15-8-7-9-3-5-10(6-4-9)11(12,13)14/h1,4-5,9,12H,2-3,6-8,10-11H2;3-6,15H,2,7-8H2,1H3. The van der Waals surface area contributed by atoms with E-state index < -0.39 is 11.7 Å². The number of hydrogen-bond acceptors (Lipinski definition) is 3. The molecule has 0 bridgehead atoms. The summed E-state index contributed by atoms with van der Waals surface area (Å²) in [7, 11) is 0. The Hall–Kier alpha value is -1.92. The van der Waals surface area contributed by atoms with Crippen LogP contribution in [-0.4, -0.2) is 30.3 Å². The summed E-state index contributed by atoms with van der Waals surface area (Å²) in [6.07, 6.45) is 5.96. The molecular weight excluding hydrogens is 401 g/mol. The van der Waals surface area contributed by atoms with E-state index in [1.165, 1.54) is 49.9 Å². The Morgan fingerprint density at radius 1 is 1.10 bits per heavy atom. The molecule has 0 amide bonds. The van der Waals surface area contributed by atoms with Crippen LogP contribution in [0.5, 0.6) is 0 Å². The van der Waals surface area contributed by atoms with E-state index in [0.717, 1.165) is 50.2 Å². The van der Waals surface area contributed by atoms with E-state index in [4.69, 9.17) is 4.74 Å². The van der Waals surface area contributed by atoms with Crippen molar-refractivity contribution in [3.05, 3.63) is 65.5 Å². The average molecular weight is 435 g/mol. The van der Waals surface area contributed by atoms with E-state index in [9.17, 15) is 13.2 Å². The minimum absolute atomic E-state index is 0.209. The fourth-order valence-corrected chi connectivity index (χ4v) is 4.54. The van der Waals surface area contributed by atoms with Crippen LogP contribution < -0.4 is 5.32 Å². The van der Waals surface area contributed by atoms with Gasteiger partial charge in [0.1, 0.15) is 0 Å². The first-order valence-electron chi connectivity index (χ1n) is 11.3. The van der Waals surface area contributed by atoms with Crippen molar-refractivity contribution in [3.63, 3.8) is 0 Å². The molecule has 170 valence electrons. The molecule has 2 fully saturated rings. The molecule has 1 unspecified atom stereocenters. The molecule has 0 radical (unpaired) electrons. The summed E-state index contributed by atoms with van der Waals surface area (Å²) < 4.78 is 42.7. The van der Waals surface area contributed by atoms with Crippen LogP contribution in [0.2, 0.25) is 0 Å². The third kappa shape index (κ3) is 7.04. The Kier molecular flexibility index (Phi) is 8.50. The molecule has 1 spiro atoms. The van der Waals surface area contributed by atoms with Gasteiger partial charge in [0, 0.05) is 24.4 Å². The van der Waals surface area contributed by atoms with Crippen LogP contribution in [0.1, 0.15) is 68.2 Å². The Labute approximate surface area is 183 Å². The number of benzene rings is 1. The van der Waals surface area contributed by atoms with Gasteiger partial charge in [0.05, 0.1) is 11.2 Å². The predicted molar refractivity (Wildman–Crippen MR) is 117 cm³/mol. The molecule has 2 aromatic rings. The number of pyridine rings is 1. The first-order chi connectivity index (χ1) is 14.9. The summed E-state index contributed by atoms with van der Waals surface area (Å²) in [6.45, 7) is 4.58. The second-order valence-corrected chi connectivity index (χ2v) is 8.48. The molecule has 1 aliphatic heterocycles. The van der Waals surface area contributed by atoms with Crippen LogP contribution in [0.15, 0.2) is 48.7 Å². The highest BCUT2D eigenvalue weighted by molar-refractivity contribution is 5.24. The van der Waals surface area contributed by atoms with Crippen LogP contribution >= 0.6 is 0 Å². The maximum atomic E-state index is 12.2. The molecule has 1 saturated heterocycles. The van der Waals surface area contributed by atoms with Gasteiger partial charge in [-0.2, -0.15) is 13.2 Å². The van der Waals surface area contributed by atoms with Crippen molar-refractivity contribution in [1.82, 2.24) is 10.3 Å². The number of halogens is 3. The quantitative estimate of drug-likeness (QED) is 0.574. The lowest BCUT2D eigenvalue weighted by Gasteiger charge is -2.38. The van der Waals surface area contributed by atoms with Crippen LogP contribution in [0.4, 0.5) is 13.2 Å². The largest absolute Gasteiger partial charge is 0.416 e. The Morgan fingerprint density at radius 2 is 1.84 bits per heavy atom. The smallest absolute Gasteiger partial charge is 0.375 e. The number of alkyl halides is 3. The molecule has 2 aliphatic rings. The van der Waals surface area contributed by atoms with Crippen LogP contribution in [0.25, 0.3) is 0 Å². The normalized spacial score (nSPS) is 20.3. The van der Waals surface area contributed by atoms with Gasteiger partial charge in [-0.3, -0.25) is 4.98 Å². The lowest BCUT2D eigenvalue weighted by atomic mass is 9.83. The van der Waals surface area contributed by atoms with E-state index in [1.54, 1.807) is 0 Å². The monoisotopic (exact) mass is 434 g/mol. The van der Waals surface area contributed by atoms with Crippen molar-refractivity contribution >= 4 is 0 Å². The molecule has 1 aliphatic carbocycles. The van der Waals surface area contributed by atoms with Crippen LogP contribution in [0, 0.1) is 0 Å². The second kappa shape index (κ2) is 11.1. The highest BCUT2D eigenvalue weighted by Crippen LogP contribution is 2.44. The number of nitrogens with zero attached hydrogens (tertiary/aromatic N) is 1. The molecule has 2 heterocycles. The van der Waals surface area contributed by atoms with Gasteiger partial charge in [0.2, 0.25) is 0 Å². The molecule has 1 atom stereocenters. The third-order valence-corrected chi connectivity index (χ3v) is 6.24. The summed E-state index contributed by atoms with van der Waals surface area (Å²) in [5.41, 5.74) is 1.80. The summed E-state index contributed by atoms with van der Waals surface area (Å²) in [5.74, 6) is 0.619. The minimum atomic E-state index is -4.24. The Bertz CT molecular complexity index is 772. The number of likely N-dealkylation sites (N-methyl/N-ethyl adjacent to an activating group) is 1. The van der Waals surface area contributed by atoms with E-state index in [-0.39, 0.29) is 5.60 Å². The zero-order valence-corrected chi connectivity index (χ0v) is 18.3. The van der Waals surface area contributed by atoms with Crippen molar-refractivity contribution in [3.8, 4) is 0 Å². The molecule has 1 aromatic carbocycles. The fraction of sp³-hybridized carbons (Fsp3) is 0.560. The molecule has 1 saturated carbocycles. The lowest BCUT2D eigenvalue weighted by Crippen LogP contribution is -2.36. The molecule has 3 nitrogen and oxygen atoms in total. The maximum absolute atomic E-state index is 12.2. The van der Waals surface area contributed by atoms with Crippen molar-refractivity contribution in [2.24, 2.45) is 0 Å². The van der Waals surface area contributed by atoms with Crippen molar-refractivity contribution in [2.75, 3.05) is 19.7 Å². The SMILES string of the molecule is CCNCCc1ccc(C(F)(F)F)cc1.c1ccc(C2CCOC3(CCCC3)C2)nc1. The van der Waals surface area contributed by atoms with Gasteiger partial charge in [0.25, 0.3) is 0 Å². The zero-order valence-electron chi connectivity index (χ0n) is 18.3. The maximum Gasteiger partial charge on any atom is 0.416 e. The van der Waals surface area contributed by atoms with Gasteiger partial charge in [-0.05, 0) is 75.0 Å². The Morgan fingerprint density at radius 3 is 2.45 bits per heavy atom. The summed E-state index contributed by atoms with van der Waals surface area (Å²) in [4.78, 5) is 4.50. The topological polar surface area (TPSA) is 34.1 Å². The molecule has 1 aromatic heterocycles. The number of aromatic nitrogens is 1. The van der Waals surface area contributed by atoms with Crippen molar-refractivity contribution < 1.29 is 17.9 Å². The molecule has 6 heteroatoms. The van der Waals surface area contributed by atoms with Gasteiger partial charge >= 0.3 is 6.18 Å². The first-order valence-corrected chi connectivity index (χ1v) is 11.3. The van der Waals surface area contributed by atoms with E-state index in [1.807, 2.05) is 19.2 Å². The highest BCUT2D eigenvalue weighted by Gasteiger charge is 2.40. The van der Waals surface area contributed by atoms with Gasteiger partial charge in [-0.15, -0.1) is 0 Å². The molecular formula is C25H33F3N2O. The van der Waals surface area contributed by atoms with Crippen molar-refractivity contribution in [1.29, 1.82) is 0 Å². The van der Waals surface area contributed by atoms with Crippen molar-refractivity contribution in [2.45, 2.75) is 69.6 Å². The van der Waals surface area contributed by atoms with Crippen LogP contribution in [0.3, 0.4) is 0 Å². The van der Waals surface area contributed by atoms with Crippen LogP contribution in [-0.2, 0) is 17.3 Å². The number of hydrogen-bond donors (Lipinski definition) is 1. The summed E-state index contributed by atoms with van der Waals surface area (Å²) in [5, 5.41) is 3.12. The number of nitrogens with one attached hydrogen (secondary N) is 1. The highest BCUT2D eigenvalue weighted by atomic mass is 19.4. The predicted octanol–water partition coefficient (Wildman–Crippen LogP) is 6.15. The summed E-state index contributed by atoms with van der Waals surface area (Å²) >= 11 is 0. The van der Waals surface area contributed by atoms with E-state index in [2.05, 4.69) is 22.4 Å². The van der Waals surface area contributed by atoms with Gasteiger partial charge in [-0.1, -0.05) is 38.0 Å². The van der Waals surface area contributed by atoms with Gasteiger partial charge in [-0.25, -0.2) is 0 Å². The number of rotatable bonds is 5. The first kappa shape index (κ1) is 23.7. The van der Waals surface area contributed by atoms with E-state index in [0.29, 0.717) is 5.92 Å². The zero-order chi connectivity index (χ0) is 22.2.